The van der Waals surface area contributed by atoms with Crippen LogP contribution in [0.25, 0.3) is 0 Å². The summed E-state index contributed by atoms with van der Waals surface area (Å²) in [4.78, 5) is 17.2. The molecule has 4 nitrogen and oxygen atoms in total. The van der Waals surface area contributed by atoms with E-state index in [1.54, 1.807) is 19.2 Å². The standard InChI is InChI=1S/C12H13N3O/c1-9(16)15-6-2-3-12(15)10-4-5-14-11(7-10)8-13/h4-5,7,12H,2-3,6H2,1H3. The lowest BCUT2D eigenvalue weighted by atomic mass is 10.1. The smallest absolute Gasteiger partial charge is 0.219 e. The molecule has 1 aromatic heterocycles. The molecule has 0 bridgehead atoms. The first-order chi connectivity index (χ1) is 7.72. The average Bonchev–Trinajstić information content (AvgIpc) is 2.78. The van der Waals surface area contributed by atoms with Gasteiger partial charge in [0, 0.05) is 19.7 Å². The monoisotopic (exact) mass is 215 g/mol. The van der Waals surface area contributed by atoms with Crippen LogP contribution in [-0.4, -0.2) is 22.3 Å². The molecule has 2 heterocycles. The Labute approximate surface area is 94.5 Å². The Morgan fingerprint density at radius 3 is 3.19 bits per heavy atom. The number of aromatic nitrogens is 1. The van der Waals surface area contributed by atoms with Crippen LogP contribution in [0.3, 0.4) is 0 Å². The van der Waals surface area contributed by atoms with Crippen LogP contribution >= 0.6 is 0 Å². The fourth-order valence-corrected chi connectivity index (χ4v) is 2.21. The predicted molar refractivity (Wildman–Crippen MR) is 58.3 cm³/mol. The first-order valence-electron chi connectivity index (χ1n) is 5.35. The van der Waals surface area contributed by atoms with Gasteiger partial charge in [-0.2, -0.15) is 5.26 Å². The molecule has 0 spiro atoms. The minimum Gasteiger partial charge on any atom is -0.336 e. The normalized spacial score (nSPS) is 19.5. The number of nitrogens with zero attached hydrogens (tertiary/aromatic N) is 3. The van der Waals surface area contributed by atoms with Crippen molar-refractivity contribution in [2.24, 2.45) is 0 Å². The Kier molecular flexibility index (Phi) is 2.86. The Morgan fingerprint density at radius 1 is 1.69 bits per heavy atom. The summed E-state index contributed by atoms with van der Waals surface area (Å²) >= 11 is 0. The van der Waals surface area contributed by atoms with E-state index in [4.69, 9.17) is 5.26 Å². The summed E-state index contributed by atoms with van der Waals surface area (Å²) in [6.45, 7) is 2.40. The Hall–Kier alpha value is -1.89. The number of pyridine rings is 1. The molecule has 0 aromatic carbocycles. The lowest BCUT2D eigenvalue weighted by Crippen LogP contribution is -2.28. The van der Waals surface area contributed by atoms with Crippen LogP contribution in [0.15, 0.2) is 18.3 Å². The van der Waals surface area contributed by atoms with Gasteiger partial charge < -0.3 is 4.90 Å². The zero-order chi connectivity index (χ0) is 11.5. The van der Waals surface area contributed by atoms with E-state index in [2.05, 4.69) is 4.98 Å². The third kappa shape index (κ3) is 1.89. The fourth-order valence-electron chi connectivity index (χ4n) is 2.21. The van der Waals surface area contributed by atoms with Crippen LogP contribution in [0.4, 0.5) is 0 Å². The van der Waals surface area contributed by atoms with Crippen LogP contribution in [0.1, 0.15) is 37.1 Å². The van der Waals surface area contributed by atoms with Gasteiger partial charge >= 0.3 is 0 Å². The van der Waals surface area contributed by atoms with Gasteiger partial charge in [-0.15, -0.1) is 0 Å². The molecular weight excluding hydrogens is 202 g/mol. The number of hydrogen-bond donors (Lipinski definition) is 0. The van der Waals surface area contributed by atoms with Gasteiger partial charge in [0.2, 0.25) is 5.91 Å². The van der Waals surface area contributed by atoms with Crippen molar-refractivity contribution in [2.75, 3.05) is 6.54 Å². The quantitative estimate of drug-likeness (QED) is 0.715. The van der Waals surface area contributed by atoms with Crippen LogP contribution < -0.4 is 0 Å². The highest BCUT2D eigenvalue weighted by molar-refractivity contribution is 5.74. The zero-order valence-electron chi connectivity index (χ0n) is 9.18. The number of nitriles is 1. The van der Waals surface area contributed by atoms with E-state index in [-0.39, 0.29) is 11.9 Å². The number of hydrogen-bond acceptors (Lipinski definition) is 3. The molecule has 1 unspecified atom stereocenters. The van der Waals surface area contributed by atoms with E-state index in [0.717, 1.165) is 24.9 Å². The van der Waals surface area contributed by atoms with Gasteiger partial charge in [-0.3, -0.25) is 4.79 Å². The highest BCUT2D eigenvalue weighted by Gasteiger charge is 2.27. The van der Waals surface area contributed by atoms with Crippen molar-refractivity contribution in [3.8, 4) is 6.07 Å². The maximum Gasteiger partial charge on any atom is 0.219 e. The number of rotatable bonds is 1. The summed E-state index contributed by atoms with van der Waals surface area (Å²) in [6.07, 6.45) is 3.62. The van der Waals surface area contributed by atoms with Crippen LogP contribution in [-0.2, 0) is 4.79 Å². The first kappa shape index (κ1) is 10.6. The Balaban J connectivity index is 2.29. The molecule has 0 aliphatic carbocycles. The predicted octanol–water partition coefficient (Wildman–Crippen LogP) is 1.64. The summed E-state index contributed by atoms with van der Waals surface area (Å²) in [7, 11) is 0. The Bertz CT molecular complexity index is 450. The van der Waals surface area contributed by atoms with Gasteiger partial charge in [-0.25, -0.2) is 4.98 Å². The topological polar surface area (TPSA) is 57.0 Å². The lowest BCUT2D eigenvalue weighted by Gasteiger charge is -2.23. The summed E-state index contributed by atoms with van der Waals surface area (Å²) in [5, 5.41) is 8.79. The second-order valence-electron chi connectivity index (χ2n) is 3.96. The van der Waals surface area contributed by atoms with Crippen LogP contribution in [0.5, 0.6) is 0 Å². The van der Waals surface area contributed by atoms with Gasteiger partial charge in [-0.05, 0) is 30.5 Å². The van der Waals surface area contributed by atoms with Gasteiger partial charge in [0.1, 0.15) is 11.8 Å². The van der Waals surface area contributed by atoms with Crippen molar-refractivity contribution >= 4 is 5.91 Å². The van der Waals surface area contributed by atoms with Crippen molar-refractivity contribution in [3.63, 3.8) is 0 Å². The van der Waals surface area contributed by atoms with Crippen molar-refractivity contribution in [2.45, 2.75) is 25.8 Å². The molecule has 1 saturated heterocycles. The number of amides is 1. The Morgan fingerprint density at radius 2 is 2.50 bits per heavy atom. The average molecular weight is 215 g/mol. The highest BCUT2D eigenvalue weighted by atomic mass is 16.2. The van der Waals surface area contributed by atoms with E-state index in [1.165, 1.54) is 0 Å². The minimum atomic E-state index is 0.0952. The van der Waals surface area contributed by atoms with Crippen molar-refractivity contribution < 1.29 is 4.79 Å². The second-order valence-corrected chi connectivity index (χ2v) is 3.96. The van der Waals surface area contributed by atoms with Gasteiger partial charge in [0.25, 0.3) is 0 Å². The molecule has 0 radical (unpaired) electrons. The van der Waals surface area contributed by atoms with Crippen molar-refractivity contribution in [1.29, 1.82) is 5.26 Å². The third-order valence-corrected chi connectivity index (χ3v) is 2.94. The van der Waals surface area contributed by atoms with Crippen molar-refractivity contribution in [3.05, 3.63) is 29.6 Å². The largest absolute Gasteiger partial charge is 0.336 e. The van der Waals surface area contributed by atoms with Gasteiger partial charge in [0.05, 0.1) is 6.04 Å². The summed E-state index contributed by atoms with van der Waals surface area (Å²) in [6, 6.07) is 5.79. The highest BCUT2D eigenvalue weighted by Crippen LogP contribution is 2.31. The molecule has 1 aliphatic heterocycles. The number of carbonyl (C=O) groups excluding carboxylic acids is 1. The maximum absolute atomic E-state index is 11.4. The van der Waals surface area contributed by atoms with Gasteiger partial charge in [-0.1, -0.05) is 0 Å². The molecule has 1 atom stereocenters. The van der Waals surface area contributed by atoms with Crippen LogP contribution in [0, 0.1) is 11.3 Å². The van der Waals surface area contributed by atoms with E-state index >= 15 is 0 Å². The molecule has 0 N–H and O–H groups in total. The SMILES string of the molecule is CC(=O)N1CCCC1c1ccnc(C#N)c1. The molecule has 2 rings (SSSR count). The molecular formula is C12H13N3O. The first-order valence-corrected chi connectivity index (χ1v) is 5.35. The molecule has 1 aliphatic rings. The maximum atomic E-state index is 11.4. The van der Waals surface area contributed by atoms with E-state index in [9.17, 15) is 4.79 Å². The molecule has 4 heteroatoms. The second kappa shape index (κ2) is 4.31. The van der Waals surface area contributed by atoms with E-state index in [0.29, 0.717) is 5.69 Å². The van der Waals surface area contributed by atoms with E-state index in [1.807, 2.05) is 17.0 Å². The molecule has 1 amide bonds. The van der Waals surface area contributed by atoms with E-state index < -0.39 is 0 Å². The van der Waals surface area contributed by atoms with Crippen molar-refractivity contribution in [1.82, 2.24) is 9.88 Å². The number of carbonyl (C=O) groups is 1. The van der Waals surface area contributed by atoms with Gasteiger partial charge in [0.15, 0.2) is 0 Å². The molecule has 82 valence electrons. The summed E-state index contributed by atoms with van der Waals surface area (Å²) in [5.74, 6) is 0.0952. The fraction of sp³-hybridized carbons (Fsp3) is 0.417. The van der Waals surface area contributed by atoms with Crippen LogP contribution in [0.2, 0.25) is 0 Å². The zero-order valence-corrected chi connectivity index (χ0v) is 9.18. The minimum absolute atomic E-state index is 0.0952. The third-order valence-electron chi connectivity index (χ3n) is 2.94. The lowest BCUT2D eigenvalue weighted by molar-refractivity contribution is -0.129. The number of likely N-dealkylation sites (tertiary alicyclic amines) is 1. The molecule has 1 aromatic rings. The molecule has 1 fully saturated rings. The summed E-state index contributed by atoms with van der Waals surface area (Å²) < 4.78 is 0. The molecule has 0 saturated carbocycles. The molecule has 16 heavy (non-hydrogen) atoms. The summed E-state index contributed by atoms with van der Waals surface area (Å²) in [5.41, 5.74) is 1.42.